The molecule has 20 heavy (non-hydrogen) atoms. The zero-order chi connectivity index (χ0) is 15.3. The predicted octanol–water partition coefficient (Wildman–Crippen LogP) is 1.29. The van der Waals surface area contributed by atoms with Crippen LogP contribution in [0.5, 0.6) is 0 Å². The highest BCUT2D eigenvalue weighted by Gasteiger charge is 2.16. The van der Waals surface area contributed by atoms with E-state index in [1.807, 2.05) is 13.8 Å². The zero-order valence-corrected chi connectivity index (χ0v) is 12.9. The molecule has 0 saturated carbocycles. The molecule has 1 amide bonds. The summed E-state index contributed by atoms with van der Waals surface area (Å²) in [5, 5.41) is 3.12. The molecule has 0 aliphatic heterocycles. The Balaban J connectivity index is 2.85. The molecule has 0 spiro atoms. The second-order valence-corrected chi connectivity index (χ2v) is 5.53. The molecular formula is C13H19N3O3S. The second-order valence-electron chi connectivity index (χ2n) is 4.57. The molecule has 1 aromatic heterocycles. The average molecular weight is 297 g/mol. The number of hydrogen-bond acceptors (Lipinski definition) is 5. The smallest absolute Gasteiger partial charge is 0.346 e. The number of hydrogen-bond donors (Lipinski definition) is 2. The van der Waals surface area contributed by atoms with Crippen LogP contribution in [0.25, 0.3) is 0 Å². The fourth-order valence-electron chi connectivity index (χ4n) is 1.63. The minimum absolute atomic E-state index is 0.101. The molecule has 0 unspecified atom stereocenters. The van der Waals surface area contributed by atoms with Gasteiger partial charge >= 0.3 is 5.69 Å². The number of H-pyrrole nitrogens is 1. The summed E-state index contributed by atoms with van der Waals surface area (Å²) in [6.45, 7) is 6.95. The maximum absolute atomic E-state index is 11.7. The summed E-state index contributed by atoms with van der Waals surface area (Å²) >= 11 is 1.10. The highest BCUT2D eigenvalue weighted by atomic mass is 32.2. The van der Waals surface area contributed by atoms with Crippen molar-refractivity contribution in [2.24, 2.45) is 0 Å². The lowest BCUT2D eigenvalue weighted by atomic mass is 10.2. The molecule has 0 saturated heterocycles. The molecule has 0 radical (unpaired) electrons. The Morgan fingerprint density at radius 2 is 2.10 bits per heavy atom. The number of aromatic amines is 1. The number of amides is 1. The van der Waals surface area contributed by atoms with Crippen molar-refractivity contribution < 1.29 is 9.59 Å². The quantitative estimate of drug-likeness (QED) is 0.469. The van der Waals surface area contributed by atoms with Crippen LogP contribution in [0, 0.1) is 6.92 Å². The van der Waals surface area contributed by atoms with Gasteiger partial charge in [-0.2, -0.15) is 4.98 Å². The Hall–Kier alpha value is -1.63. The molecule has 0 aromatic carbocycles. The van der Waals surface area contributed by atoms with Crippen molar-refractivity contribution in [3.05, 3.63) is 21.7 Å². The Labute approximate surface area is 121 Å². The van der Waals surface area contributed by atoms with Gasteiger partial charge in [0.2, 0.25) is 5.91 Å². The van der Waals surface area contributed by atoms with E-state index >= 15 is 0 Å². The predicted molar refractivity (Wildman–Crippen MR) is 78.2 cm³/mol. The lowest BCUT2D eigenvalue weighted by molar-refractivity contribution is -0.119. The van der Waals surface area contributed by atoms with E-state index in [1.54, 1.807) is 6.92 Å². The number of carbonyl (C=O) groups excluding carboxylic acids is 2. The van der Waals surface area contributed by atoms with E-state index in [0.717, 1.165) is 18.2 Å². The van der Waals surface area contributed by atoms with Gasteiger partial charge in [-0.1, -0.05) is 18.7 Å². The maximum Gasteiger partial charge on any atom is 0.346 e. The summed E-state index contributed by atoms with van der Waals surface area (Å²) in [5.74, 6) is -0.199. The molecule has 1 aromatic rings. The third kappa shape index (κ3) is 4.48. The Kier molecular flexibility index (Phi) is 5.94. The SMILES string of the molecule is CC[C@H](C)NC(=O)CSc1nc(=O)[nH]c(C)c1C(C)=O. The van der Waals surface area contributed by atoms with Crippen LogP contribution in [0.3, 0.4) is 0 Å². The zero-order valence-electron chi connectivity index (χ0n) is 12.1. The first-order valence-corrected chi connectivity index (χ1v) is 7.37. The Morgan fingerprint density at radius 1 is 1.45 bits per heavy atom. The first-order valence-electron chi connectivity index (χ1n) is 6.39. The van der Waals surface area contributed by atoms with Gasteiger partial charge in [-0.3, -0.25) is 9.59 Å². The number of rotatable bonds is 6. The molecule has 1 atom stereocenters. The summed E-state index contributed by atoms with van der Waals surface area (Å²) in [6.07, 6.45) is 0.845. The van der Waals surface area contributed by atoms with Gasteiger partial charge < -0.3 is 10.3 Å². The Bertz CT molecular complexity index is 568. The molecular weight excluding hydrogens is 278 g/mol. The second kappa shape index (κ2) is 7.23. The van der Waals surface area contributed by atoms with Crippen molar-refractivity contribution >= 4 is 23.5 Å². The van der Waals surface area contributed by atoms with Crippen LogP contribution < -0.4 is 11.0 Å². The standard InChI is InChI=1S/C13H19N3O3S/c1-5-7(2)14-10(18)6-20-12-11(9(4)17)8(3)15-13(19)16-12/h7H,5-6H2,1-4H3,(H,14,18)(H,15,16,19)/t7-/m0/s1. The molecule has 0 bridgehead atoms. The summed E-state index contributed by atoms with van der Waals surface area (Å²) < 4.78 is 0. The third-order valence-electron chi connectivity index (χ3n) is 2.80. The van der Waals surface area contributed by atoms with Crippen molar-refractivity contribution in [3.8, 4) is 0 Å². The van der Waals surface area contributed by atoms with Crippen LogP contribution >= 0.6 is 11.8 Å². The van der Waals surface area contributed by atoms with Gasteiger partial charge in [-0.25, -0.2) is 4.79 Å². The maximum atomic E-state index is 11.7. The number of nitrogens with zero attached hydrogens (tertiary/aromatic N) is 1. The first kappa shape index (κ1) is 16.4. The fourth-order valence-corrected chi connectivity index (χ4v) is 2.57. The number of ketones is 1. The van der Waals surface area contributed by atoms with Crippen molar-refractivity contribution in [2.45, 2.75) is 45.2 Å². The summed E-state index contributed by atoms with van der Waals surface area (Å²) in [6, 6.07) is 0.101. The number of Topliss-reactive ketones (excluding diaryl/α,β-unsaturated/α-hetero) is 1. The van der Waals surface area contributed by atoms with E-state index in [1.165, 1.54) is 6.92 Å². The van der Waals surface area contributed by atoms with Crippen LogP contribution in [0.4, 0.5) is 0 Å². The van der Waals surface area contributed by atoms with Crippen LogP contribution in [0.2, 0.25) is 0 Å². The molecule has 0 fully saturated rings. The van der Waals surface area contributed by atoms with Crippen LogP contribution in [0.1, 0.15) is 43.2 Å². The molecule has 1 rings (SSSR count). The van der Waals surface area contributed by atoms with Gasteiger partial charge in [-0.05, 0) is 27.2 Å². The van der Waals surface area contributed by atoms with Gasteiger partial charge in [0.25, 0.3) is 0 Å². The minimum Gasteiger partial charge on any atom is -0.353 e. The summed E-state index contributed by atoms with van der Waals surface area (Å²) in [4.78, 5) is 40.9. The number of thioether (sulfide) groups is 1. The van der Waals surface area contributed by atoms with Crippen molar-refractivity contribution in [2.75, 3.05) is 5.75 Å². The van der Waals surface area contributed by atoms with Gasteiger partial charge in [0.1, 0.15) is 5.03 Å². The lowest BCUT2D eigenvalue weighted by Crippen LogP contribution is -2.33. The molecule has 110 valence electrons. The van der Waals surface area contributed by atoms with Crippen molar-refractivity contribution in [3.63, 3.8) is 0 Å². The Morgan fingerprint density at radius 3 is 2.65 bits per heavy atom. The van der Waals surface area contributed by atoms with Gasteiger partial charge in [0.05, 0.1) is 11.3 Å². The highest BCUT2D eigenvalue weighted by molar-refractivity contribution is 8.00. The first-order chi connectivity index (χ1) is 9.35. The lowest BCUT2D eigenvalue weighted by Gasteiger charge is -2.11. The molecule has 1 heterocycles. The number of carbonyl (C=O) groups is 2. The molecule has 6 nitrogen and oxygen atoms in total. The van der Waals surface area contributed by atoms with Crippen LogP contribution in [0.15, 0.2) is 9.82 Å². The van der Waals surface area contributed by atoms with Crippen LogP contribution in [-0.2, 0) is 4.79 Å². The van der Waals surface area contributed by atoms with E-state index in [2.05, 4.69) is 15.3 Å². The highest BCUT2D eigenvalue weighted by Crippen LogP contribution is 2.21. The summed E-state index contributed by atoms with van der Waals surface area (Å²) in [7, 11) is 0. The van der Waals surface area contributed by atoms with Gasteiger partial charge in [-0.15, -0.1) is 0 Å². The number of aryl methyl sites for hydroxylation is 1. The van der Waals surface area contributed by atoms with Crippen LogP contribution in [-0.4, -0.2) is 33.5 Å². The number of aromatic nitrogens is 2. The largest absolute Gasteiger partial charge is 0.353 e. The minimum atomic E-state index is -0.516. The third-order valence-corrected chi connectivity index (χ3v) is 3.77. The van der Waals surface area contributed by atoms with Gasteiger partial charge in [0.15, 0.2) is 5.78 Å². The summed E-state index contributed by atoms with van der Waals surface area (Å²) in [5.41, 5.74) is 0.325. The fraction of sp³-hybridized carbons (Fsp3) is 0.538. The average Bonchev–Trinajstić information content (AvgIpc) is 2.34. The van der Waals surface area contributed by atoms with E-state index < -0.39 is 5.69 Å². The normalized spacial score (nSPS) is 12.0. The van der Waals surface area contributed by atoms with Crippen molar-refractivity contribution in [1.82, 2.24) is 15.3 Å². The molecule has 7 heteroatoms. The van der Waals surface area contributed by atoms with E-state index in [-0.39, 0.29) is 23.5 Å². The monoisotopic (exact) mass is 297 g/mol. The molecule has 2 N–H and O–H groups in total. The molecule has 0 aliphatic rings. The van der Waals surface area contributed by atoms with Gasteiger partial charge in [0, 0.05) is 11.7 Å². The van der Waals surface area contributed by atoms with Crippen molar-refractivity contribution in [1.29, 1.82) is 0 Å². The van der Waals surface area contributed by atoms with E-state index in [4.69, 9.17) is 0 Å². The van der Waals surface area contributed by atoms with E-state index in [9.17, 15) is 14.4 Å². The molecule has 0 aliphatic carbocycles. The van der Waals surface area contributed by atoms with E-state index in [0.29, 0.717) is 16.3 Å². The topological polar surface area (TPSA) is 91.9 Å². The number of nitrogens with one attached hydrogen (secondary N) is 2.